The molecule has 3 rings (SSSR count). The molecule has 2 saturated heterocycles. The van der Waals surface area contributed by atoms with Crippen molar-refractivity contribution in [3.63, 3.8) is 0 Å². The fourth-order valence-electron chi connectivity index (χ4n) is 2.70. The van der Waals surface area contributed by atoms with Crippen LogP contribution in [0, 0.1) is 0 Å². The van der Waals surface area contributed by atoms with Gasteiger partial charge in [-0.15, -0.1) is 0 Å². The average molecular weight is 217 g/mol. The standard InChI is InChI=1S/C14H19NO/c1-2-5-12(6-3-1)10-15-8-4-7-13(15)9-14-11-16-14/h1-3,5-6,13-14H,4,7-11H2. The zero-order valence-corrected chi connectivity index (χ0v) is 9.64. The van der Waals surface area contributed by atoms with Crippen molar-refractivity contribution >= 4 is 0 Å². The highest BCUT2D eigenvalue weighted by atomic mass is 16.6. The van der Waals surface area contributed by atoms with Gasteiger partial charge in [0, 0.05) is 12.6 Å². The Hall–Kier alpha value is -0.860. The first-order valence-corrected chi connectivity index (χ1v) is 6.31. The third-order valence-corrected chi connectivity index (χ3v) is 3.66. The monoisotopic (exact) mass is 217 g/mol. The van der Waals surface area contributed by atoms with E-state index in [1.165, 1.54) is 31.4 Å². The van der Waals surface area contributed by atoms with Gasteiger partial charge in [0.2, 0.25) is 0 Å². The molecule has 2 heterocycles. The van der Waals surface area contributed by atoms with E-state index in [0.29, 0.717) is 6.10 Å². The van der Waals surface area contributed by atoms with Crippen LogP contribution in [0.25, 0.3) is 0 Å². The van der Waals surface area contributed by atoms with E-state index in [1.54, 1.807) is 0 Å². The van der Waals surface area contributed by atoms with Gasteiger partial charge in [0.25, 0.3) is 0 Å². The van der Waals surface area contributed by atoms with E-state index in [4.69, 9.17) is 4.74 Å². The van der Waals surface area contributed by atoms with E-state index in [9.17, 15) is 0 Å². The van der Waals surface area contributed by atoms with Crippen molar-refractivity contribution in [2.24, 2.45) is 0 Å². The number of ether oxygens (including phenoxy) is 1. The van der Waals surface area contributed by atoms with Crippen LogP contribution in [0.15, 0.2) is 30.3 Å². The highest BCUT2D eigenvalue weighted by Gasteiger charge is 2.32. The Balaban J connectivity index is 1.60. The fraction of sp³-hybridized carbons (Fsp3) is 0.571. The molecule has 2 heteroatoms. The number of hydrogen-bond acceptors (Lipinski definition) is 2. The van der Waals surface area contributed by atoms with Crippen LogP contribution in [0.4, 0.5) is 0 Å². The van der Waals surface area contributed by atoms with Gasteiger partial charge in [0.05, 0.1) is 12.7 Å². The molecule has 0 saturated carbocycles. The second kappa shape index (κ2) is 4.56. The Labute approximate surface area is 97.2 Å². The number of likely N-dealkylation sites (tertiary alicyclic amines) is 1. The van der Waals surface area contributed by atoms with E-state index >= 15 is 0 Å². The lowest BCUT2D eigenvalue weighted by atomic mass is 10.1. The first-order valence-electron chi connectivity index (χ1n) is 6.31. The molecule has 0 spiro atoms. The lowest BCUT2D eigenvalue weighted by Gasteiger charge is -2.23. The van der Waals surface area contributed by atoms with Crippen LogP contribution < -0.4 is 0 Å². The summed E-state index contributed by atoms with van der Waals surface area (Å²) in [7, 11) is 0. The minimum atomic E-state index is 0.571. The van der Waals surface area contributed by atoms with Gasteiger partial charge in [0.15, 0.2) is 0 Å². The van der Waals surface area contributed by atoms with Gasteiger partial charge >= 0.3 is 0 Å². The summed E-state index contributed by atoms with van der Waals surface area (Å²) in [6.45, 7) is 3.36. The van der Waals surface area contributed by atoms with Crippen molar-refractivity contribution in [1.29, 1.82) is 0 Å². The molecule has 0 amide bonds. The van der Waals surface area contributed by atoms with Gasteiger partial charge in [-0.2, -0.15) is 0 Å². The minimum Gasteiger partial charge on any atom is -0.373 e. The summed E-state index contributed by atoms with van der Waals surface area (Å²) >= 11 is 0. The van der Waals surface area contributed by atoms with E-state index in [0.717, 1.165) is 19.2 Å². The number of nitrogens with zero attached hydrogens (tertiary/aromatic N) is 1. The smallest absolute Gasteiger partial charge is 0.0824 e. The summed E-state index contributed by atoms with van der Waals surface area (Å²) in [5.74, 6) is 0. The van der Waals surface area contributed by atoms with Crippen LogP contribution in [-0.4, -0.2) is 30.2 Å². The van der Waals surface area contributed by atoms with Gasteiger partial charge in [-0.1, -0.05) is 30.3 Å². The zero-order valence-electron chi connectivity index (χ0n) is 9.64. The molecule has 0 aromatic heterocycles. The molecule has 1 aromatic rings. The molecule has 86 valence electrons. The van der Waals surface area contributed by atoms with Gasteiger partial charge < -0.3 is 4.74 Å². The predicted molar refractivity (Wildman–Crippen MR) is 64.2 cm³/mol. The Bertz CT molecular complexity index is 334. The molecule has 2 aliphatic heterocycles. The Morgan fingerprint density at radius 1 is 1.25 bits per heavy atom. The highest BCUT2D eigenvalue weighted by molar-refractivity contribution is 5.14. The third-order valence-electron chi connectivity index (χ3n) is 3.66. The molecule has 0 N–H and O–H groups in total. The highest BCUT2D eigenvalue weighted by Crippen LogP contribution is 2.27. The summed E-state index contributed by atoms with van der Waals surface area (Å²) in [6.07, 6.45) is 4.52. The zero-order chi connectivity index (χ0) is 10.8. The van der Waals surface area contributed by atoms with Crippen molar-refractivity contribution in [1.82, 2.24) is 4.90 Å². The van der Waals surface area contributed by atoms with Crippen LogP contribution in [0.3, 0.4) is 0 Å². The van der Waals surface area contributed by atoms with Crippen LogP contribution in [0.5, 0.6) is 0 Å². The molecule has 1 aromatic carbocycles. The molecule has 0 aliphatic carbocycles. The summed E-state index contributed by atoms with van der Waals surface area (Å²) in [4.78, 5) is 2.62. The van der Waals surface area contributed by atoms with Crippen LogP contribution >= 0.6 is 0 Å². The first-order chi connectivity index (χ1) is 7.92. The van der Waals surface area contributed by atoms with Crippen molar-refractivity contribution in [3.8, 4) is 0 Å². The van der Waals surface area contributed by atoms with E-state index in [2.05, 4.69) is 35.2 Å². The summed E-state index contributed by atoms with van der Waals surface area (Å²) < 4.78 is 5.34. The van der Waals surface area contributed by atoms with Crippen LogP contribution in [0.1, 0.15) is 24.8 Å². The molecule has 2 unspecified atom stereocenters. The molecule has 2 atom stereocenters. The Morgan fingerprint density at radius 2 is 2.06 bits per heavy atom. The van der Waals surface area contributed by atoms with Crippen LogP contribution in [0.2, 0.25) is 0 Å². The van der Waals surface area contributed by atoms with Crippen molar-refractivity contribution in [2.75, 3.05) is 13.2 Å². The van der Waals surface area contributed by atoms with Crippen molar-refractivity contribution in [2.45, 2.75) is 38.0 Å². The third kappa shape index (κ3) is 2.45. The topological polar surface area (TPSA) is 15.8 Å². The minimum absolute atomic E-state index is 0.571. The van der Waals surface area contributed by atoms with Gasteiger partial charge in [-0.3, -0.25) is 4.90 Å². The number of hydrogen-bond donors (Lipinski definition) is 0. The Kier molecular flexibility index (Phi) is 2.94. The van der Waals surface area contributed by atoms with E-state index in [-0.39, 0.29) is 0 Å². The molecule has 2 fully saturated rings. The molecular weight excluding hydrogens is 198 g/mol. The van der Waals surface area contributed by atoms with Crippen molar-refractivity contribution in [3.05, 3.63) is 35.9 Å². The van der Waals surface area contributed by atoms with Gasteiger partial charge in [0.1, 0.15) is 0 Å². The fourth-order valence-corrected chi connectivity index (χ4v) is 2.70. The maximum Gasteiger partial charge on any atom is 0.0824 e. The predicted octanol–water partition coefficient (Wildman–Crippen LogP) is 2.44. The quantitative estimate of drug-likeness (QED) is 0.720. The molecule has 2 aliphatic rings. The van der Waals surface area contributed by atoms with Gasteiger partial charge in [-0.25, -0.2) is 0 Å². The average Bonchev–Trinajstić information content (AvgIpc) is 3.02. The van der Waals surface area contributed by atoms with Gasteiger partial charge in [-0.05, 0) is 31.4 Å². The normalized spacial score (nSPS) is 29.5. The lowest BCUT2D eigenvalue weighted by Crippen LogP contribution is -2.30. The SMILES string of the molecule is c1ccc(CN2CCCC2CC2CO2)cc1. The molecule has 16 heavy (non-hydrogen) atoms. The van der Waals surface area contributed by atoms with Crippen molar-refractivity contribution < 1.29 is 4.74 Å². The second-order valence-electron chi connectivity index (χ2n) is 4.94. The molecular formula is C14H19NO. The number of rotatable bonds is 4. The lowest BCUT2D eigenvalue weighted by molar-refractivity contribution is 0.218. The molecule has 0 bridgehead atoms. The van der Waals surface area contributed by atoms with E-state index in [1.807, 2.05) is 0 Å². The molecule has 0 radical (unpaired) electrons. The molecule has 2 nitrogen and oxygen atoms in total. The maximum atomic E-state index is 5.34. The first kappa shape index (κ1) is 10.3. The van der Waals surface area contributed by atoms with Crippen LogP contribution in [-0.2, 0) is 11.3 Å². The second-order valence-corrected chi connectivity index (χ2v) is 4.94. The maximum absolute atomic E-state index is 5.34. The summed E-state index contributed by atoms with van der Waals surface area (Å²) in [6, 6.07) is 11.6. The number of epoxide rings is 1. The summed E-state index contributed by atoms with van der Waals surface area (Å²) in [5.41, 5.74) is 1.44. The summed E-state index contributed by atoms with van der Waals surface area (Å²) in [5, 5.41) is 0. The van der Waals surface area contributed by atoms with E-state index < -0.39 is 0 Å². The number of benzene rings is 1. The Morgan fingerprint density at radius 3 is 2.81 bits per heavy atom. The largest absolute Gasteiger partial charge is 0.373 e.